The molecular formula is C24H16BrNO3. The number of Topliss-reactive ketones (excluding diaryl/α,β-unsaturated/α-hetero) is 2. The van der Waals surface area contributed by atoms with Crippen molar-refractivity contribution in [1.82, 2.24) is 4.90 Å². The van der Waals surface area contributed by atoms with Crippen molar-refractivity contribution in [2.45, 2.75) is 0 Å². The van der Waals surface area contributed by atoms with E-state index in [0.717, 1.165) is 10.2 Å². The molecular weight excluding hydrogens is 430 g/mol. The van der Waals surface area contributed by atoms with Gasteiger partial charge in [-0.15, -0.1) is 0 Å². The van der Waals surface area contributed by atoms with Crippen LogP contribution in [-0.4, -0.2) is 29.4 Å². The molecule has 5 rings (SSSR count). The predicted molar refractivity (Wildman–Crippen MR) is 113 cm³/mol. The van der Waals surface area contributed by atoms with Crippen LogP contribution in [0.25, 0.3) is 5.57 Å². The Bertz CT molecular complexity index is 1190. The van der Waals surface area contributed by atoms with E-state index >= 15 is 0 Å². The van der Waals surface area contributed by atoms with Crippen LogP contribution in [0.4, 0.5) is 0 Å². The number of fused-ring (bicyclic) bond motifs is 2. The molecule has 1 aliphatic heterocycles. The number of ketones is 2. The third-order valence-corrected chi connectivity index (χ3v) is 6.63. The molecule has 1 amide bonds. The minimum atomic E-state index is -0.478. The lowest BCUT2D eigenvalue weighted by Gasteiger charge is -2.44. The molecule has 2 atom stereocenters. The highest BCUT2D eigenvalue weighted by Gasteiger charge is 2.50. The van der Waals surface area contributed by atoms with E-state index in [1.165, 1.54) is 4.90 Å². The number of carbonyl (C=O) groups excluding carboxylic acids is 3. The van der Waals surface area contributed by atoms with E-state index in [4.69, 9.17) is 0 Å². The highest BCUT2D eigenvalue weighted by Crippen LogP contribution is 2.53. The number of likely N-dealkylation sites (N-methyl/N-ethyl adjacent to an activating group) is 1. The molecule has 0 aromatic heterocycles. The highest BCUT2D eigenvalue weighted by molar-refractivity contribution is 9.11. The normalized spacial score (nSPS) is 22.6. The number of hydrogen-bond acceptors (Lipinski definition) is 3. The fraction of sp³-hybridized carbons (Fsp3) is 0.125. The fourth-order valence-corrected chi connectivity index (χ4v) is 5.13. The number of nitrogens with zero attached hydrogens (tertiary/aromatic N) is 1. The summed E-state index contributed by atoms with van der Waals surface area (Å²) >= 11 is 3.55. The first-order chi connectivity index (χ1) is 14.0. The Labute approximate surface area is 176 Å². The van der Waals surface area contributed by atoms with Crippen molar-refractivity contribution < 1.29 is 14.4 Å². The zero-order valence-electron chi connectivity index (χ0n) is 15.6. The van der Waals surface area contributed by atoms with E-state index in [1.807, 2.05) is 36.4 Å². The van der Waals surface area contributed by atoms with Gasteiger partial charge in [-0.3, -0.25) is 14.4 Å². The molecule has 2 aromatic carbocycles. The summed E-state index contributed by atoms with van der Waals surface area (Å²) in [5.74, 6) is -1.51. The van der Waals surface area contributed by atoms with Crippen molar-refractivity contribution >= 4 is 39.0 Å². The van der Waals surface area contributed by atoms with Crippen LogP contribution in [-0.2, 0) is 4.79 Å². The van der Waals surface area contributed by atoms with Crippen LogP contribution in [0.1, 0.15) is 26.3 Å². The lowest BCUT2D eigenvalue weighted by Crippen LogP contribution is -2.46. The number of rotatable bonds is 2. The predicted octanol–water partition coefficient (Wildman–Crippen LogP) is 4.40. The van der Waals surface area contributed by atoms with Gasteiger partial charge in [-0.05, 0) is 23.3 Å². The summed E-state index contributed by atoms with van der Waals surface area (Å²) in [5, 5.41) is 0. The van der Waals surface area contributed by atoms with Crippen molar-refractivity contribution in [1.29, 1.82) is 0 Å². The third kappa shape index (κ3) is 2.47. The minimum Gasteiger partial charge on any atom is -0.314 e. The van der Waals surface area contributed by atoms with E-state index in [-0.39, 0.29) is 29.0 Å². The fourth-order valence-electron chi connectivity index (χ4n) is 4.53. The van der Waals surface area contributed by atoms with Gasteiger partial charge in [-0.1, -0.05) is 70.5 Å². The van der Waals surface area contributed by atoms with E-state index in [0.29, 0.717) is 22.3 Å². The standard InChI is InChI=1S/C24H16BrNO3/c1-26-17-12-11-16(25)19-20(17)18(14-9-5-6-10-15(14)23(19)28)21(24(26)29)22(27)13-7-3-2-4-8-13/h2-12,19-20H,1H3. The Hall–Kier alpha value is -3.05. The SMILES string of the molecule is CN1C(=O)C(C(=O)c2ccccc2)=C2c3ccccc3C(=O)C3C(Br)=CC=C1C23. The summed E-state index contributed by atoms with van der Waals surface area (Å²) in [6.45, 7) is 0. The van der Waals surface area contributed by atoms with Crippen LogP contribution in [0.15, 0.2) is 82.5 Å². The van der Waals surface area contributed by atoms with E-state index in [2.05, 4.69) is 15.9 Å². The Morgan fingerprint density at radius 2 is 1.55 bits per heavy atom. The molecule has 0 saturated carbocycles. The summed E-state index contributed by atoms with van der Waals surface area (Å²) in [5.41, 5.74) is 3.22. The van der Waals surface area contributed by atoms with E-state index in [9.17, 15) is 14.4 Å². The van der Waals surface area contributed by atoms with Crippen LogP contribution in [0.2, 0.25) is 0 Å². The average Bonchev–Trinajstić information content (AvgIpc) is 2.75. The van der Waals surface area contributed by atoms with Crippen LogP contribution in [0.3, 0.4) is 0 Å². The zero-order chi connectivity index (χ0) is 20.3. The van der Waals surface area contributed by atoms with Crippen LogP contribution in [0.5, 0.6) is 0 Å². The second kappa shape index (κ2) is 6.49. The molecule has 2 aliphatic carbocycles. The highest BCUT2D eigenvalue weighted by atomic mass is 79.9. The van der Waals surface area contributed by atoms with Crippen molar-refractivity contribution in [3.8, 4) is 0 Å². The second-order valence-electron chi connectivity index (χ2n) is 7.36. The van der Waals surface area contributed by atoms with Crippen molar-refractivity contribution in [2.24, 2.45) is 11.8 Å². The van der Waals surface area contributed by atoms with Crippen LogP contribution in [0, 0.1) is 11.8 Å². The van der Waals surface area contributed by atoms with Gasteiger partial charge >= 0.3 is 0 Å². The second-order valence-corrected chi connectivity index (χ2v) is 8.27. The number of amides is 1. The molecule has 4 nitrogen and oxygen atoms in total. The number of halogens is 1. The third-order valence-electron chi connectivity index (χ3n) is 5.88. The van der Waals surface area contributed by atoms with Gasteiger partial charge < -0.3 is 4.90 Å². The molecule has 0 radical (unpaired) electrons. The first-order valence-electron chi connectivity index (χ1n) is 9.33. The monoisotopic (exact) mass is 445 g/mol. The number of hydrogen-bond donors (Lipinski definition) is 0. The molecule has 29 heavy (non-hydrogen) atoms. The molecule has 5 heteroatoms. The maximum atomic E-state index is 13.5. The van der Waals surface area contributed by atoms with Crippen molar-refractivity contribution in [3.05, 3.63) is 99.2 Å². The Morgan fingerprint density at radius 1 is 0.897 bits per heavy atom. The maximum Gasteiger partial charge on any atom is 0.262 e. The molecule has 2 aromatic rings. The summed E-state index contributed by atoms with van der Waals surface area (Å²) in [4.78, 5) is 41.7. The largest absolute Gasteiger partial charge is 0.314 e. The smallest absolute Gasteiger partial charge is 0.262 e. The molecule has 3 aliphatic rings. The maximum absolute atomic E-state index is 13.5. The number of carbonyl (C=O) groups is 3. The number of allylic oxidation sites excluding steroid dienone is 4. The molecule has 0 bridgehead atoms. The first-order valence-corrected chi connectivity index (χ1v) is 10.1. The summed E-state index contributed by atoms with van der Waals surface area (Å²) < 4.78 is 0.762. The quantitative estimate of drug-likeness (QED) is 0.508. The molecule has 2 unspecified atom stereocenters. The summed E-state index contributed by atoms with van der Waals surface area (Å²) in [7, 11) is 1.67. The van der Waals surface area contributed by atoms with E-state index in [1.54, 1.807) is 37.4 Å². The van der Waals surface area contributed by atoms with Crippen molar-refractivity contribution in [3.63, 3.8) is 0 Å². The molecule has 0 N–H and O–H groups in total. The van der Waals surface area contributed by atoms with Gasteiger partial charge in [-0.25, -0.2) is 0 Å². The lowest BCUT2D eigenvalue weighted by atomic mass is 9.65. The van der Waals surface area contributed by atoms with Crippen molar-refractivity contribution in [2.75, 3.05) is 7.05 Å². The van der Waals surface area contributed by atoms with E-state index < -0.39 is 5.92 Å². The van der Waals surface area contributed by atoms with Gasteiger partial charge in [0.05, 0.1) is 11.5 Å². The topological polar surface area (TPSA) is 54.5 Å². The van der Waals surface area contributed by atoms with Crippen LogP contribution >= 0.6 is 15.9 Å². The van der Waals surface area contributed by atoms with Gasteiger partial charge in [0, 0.05) is 34.3 Å². The lowest BCUT2D eigenvalue weighted by molar-refractivity contribution is -0.124. The minimum absolute atomic E-state index is 0.00247. The Morgan fingerprint density at radius 3 is 2.28 bits per heavy atom. The number of benzene rings is 2. The Balaban J connectivity index is 1.86. The van der Waals surface area contributed by atoms with Gasteiger partial charge in [0.2, 0.25) is 0 Å². The molecule has 0 spiro atoms. The summed E-state index contributed by atoms with van der Waals surface area (Å²) in [6.07, 6.45) is 3.68. The zero-order valence-corrected chi connectivity index (χ0v) is 17.1. The van der Waals surface area contributed by atoms with Gasteiger partial charge in [-0.2, -0.15) is 0 Å². The Kier molecular flexibility index (Phi) is 4.03. The van der Waals surface area contributed by atoms with Crippen LogP contribution < -0.4 is 0 Å². The van der Waals surface area contributed by atoms with Gasteiger partial charge in [0.25, 0.3) is 5.91 Å². The van der Waals surface area contributed by atoms with Gasteiger partial charge in [0.1, 0.15) is 0 Å². The van der Waals surface area contributed by atoms with Gasteiger partial charge in [0.15, 0.2) is 11.6 Å². The summed E-state index contributed by atoms with van der Waals surface area (Å²) in [6, 6.07) is 16.1. The molecule has 1 heterocycles. The first kappa shape index (κ1) is 18.0. The average molecular weight is 446 g/mol. The molecule has 142 valence electrons. The molecule has 0 saturated heterocycles. The molecule has 0 fully saturated rings.